The van der Waals surface area contributed by atoms with Gasteiger partial charge in [0, 0.05) is 41.8 Å². The normalized spacial score (nSPS) is 22.8. The van der Waals surface area contributed by atoms with Crippen LogP contribution in [0.2, 0.25) is 10.0 Å². The number of carbonyl (C=O) groups is 2. The van der Waals surface area contributed by atoms with E-state index < -0.39 is 35.6 Å². The van der Waals surface area contributed by atoms with Crippen molar-refractivity contribution < 1.29 is 14.7 Å². The number of rotatable bonds is 7. The molecule has 0 saturated carbocycles. The summed E-state index contributed by atoms with van der Waals surface area (Å²) in [7, 11) is 3.49. The summed E-state index contributed by atoms with van der Waals surface area (Å²) in [5, 5.41) is 16.7. The van der Waals surface area contributed by atoms with Crippen LogP contribution in [-0.2, 0) is 15.0 Å². The Morgan fingerprint density at radius 1 is 0.878 bits per heavy atom. The Labute approximate surface area is 313 Å². The van der Waals surface area contributed by atoms with E-state index in [-0.39, 0.29) is 44.2 Å². The number of fused-ring (bicyclic) bond motifs is 2. The largest absolute Gasteiger partial charge is 0.386 e. The second kappa shape index (κ2) is 15.1. The van der Waals surface area contributed by atoms with Crippen LogP contribution in [-0.4, -0.2) is 52.9 Å². The molecule has 6 nitrogen and oxygen atoms in total. The maximum atomic E-state index is 15.0. The van der Waals surface area contributed by atoms with Gasteiger partial charge in [-0.2, -0.15) is 27.0 Å². The van der Waals surface area contributed by atoms with Gasteiger partial charge in [0.05, 0.1) is 18.2 Å². The molecule has 2 aliphatic rings. The van der Waals surface area contributed by atoms with Crippen LogP contribution in [0.3, 0.4) is 0 Å². The Hall–Kier alpha value is -2.98. The molecule has 2 aliphatic heterocycles. The zero-order valence-corrected chi connectivity index (χ0v) is 31.8. The fraction of sp³-hybridized carbons (Fsp3) is 0.333. The minimum absolute atomic E-state index is 0. The number of nitrogens with one attached hydrogen (secondary N) is 1. The summed E-state index contributed by atoms with van der Waals surface area (Å²) in [6.45, 7) is 6.44. The van der Waals surface area contributed by atoms with E-state index in [1.54, 1.807) is 31.1 Å². The smallest absolute Gasteiger partial charge is 0.240 e. The Bertz CT molecular complexity index is 1790. The molecule has 6 rings (SSSR count). The molecule has 0 radical (unpaired) electrons. The van der Waals surface area contributed by atoms with Gasteiger partial charge < -0.3 is 15.3 Å². The lowest BCUT2D eigenvalue weighted by Crippen LogP contribution is -2.53. The van der Waals surface area contributed by atoms with Crippen LogP contribution in [0.4, 0.5) is 5.69 Å². The van der Waals surface area contributed by atoms with Gasteiger partial charge in [0.2, 0.25) is 11.8 Å². The second-order valence-electron chi connectivity index (χ2n) is 14.2. The molecule has 10 heteroatoms. The summed E-state index contributed by atoms with van der Waals surface area (Å²) in [6, 6.07) is 30.3. The van der Waals surface area contributed by atoms with Crippen molar-refractivity contribution in [2.45, 2.75) is 62.8 Å². The molecule has 1 fully saturated rings. The first-order valence-corrected chi connectivity index (χ1v) is 16.7. The Morgan fingerprint density at radius 2 is 1.47 bits per heavy atom. The van der Waals surface area contributed by atoms with Gasteiger partial charge in [-0.1, -0.05) is 123 Å². The molecule has 0 unspecified atom stereocenters. The number of aliphatic hydroxyl groups is 1. The molecule has 1 saturated heterocycles. The molecule has 1 spiro atoms. The van der Waals surface area contributed by atoms with Crippen molar-refractivity contribution in [1.29, 1.82) is 0 Å². The average molecular weight is 739 g/mol. The standard InChI is InChI=1S/C39H41Cl2N3O3.2H2S/c1-38(2,3)23-31-39(29-20-19-28(41)22-30(29)42-37(39)47)32(26-17-12-18-27(40)21-26)34(36(46)43(4)5)44(31)33(24-13-8-6-9-14-24)35(45)25-15-10-7-11-16-25;;/h6-22,31-35,45H,23H2,1-5H3,(H,42,47);2*1H2/t31-,32+,33-,34-,35+,39+;;/m1../s1. The minimum atomic E-state index is -1.24. The highest BCUT2D eigenvalue weighted by molar-refractivity contribution is 7.59. The van der Waals surface area contributed by atoms with Gasteiger partial charge in [-0.05, 0) is 58.4 Å². The first kappa shape index (κ1) is 38.8. The van der Waals surface area contributed by atoms with Crippen LogP contribution >= 0.6 is 50.2 Å². The molecule has 2 amide bonds. The number of anilines is 1. The lowest BCUT2D eigenvalue weighted by atomic mass is 9.62. The number of carbonyl (C=O) groups excluding carboxylic acids is 2. The summed E-state index contributed by atoms with van der Waals surface area (Å²) in [4.78, 5) is 33.6. The molecule has 49 heavy (non-hydrogen) atoms. The van der Waals surface area contributed by atoms with Crippen molar-refractivity contribution in [1.82, 2.24) is 9.80 Å². The van der Waals surface area contributed by atoms with Gasteiger partial charge >= 0.3 is 0 Å². The van der Waals surface area contributed by atoms with E-state index in [0.717, 1.165) is 22.3 Å². The highest BCUT2D eigenvalue weighted by Crippen LogP contribution is 2.62. The molecule has 2 N–H and O–H groups in total. The minimum Gasteiger partial charge on any atom is -0.386 e. The fourth-order valence-corrected chi connectivity index (χ4v) is 8.29. The Balaban J connectivity index is 0.00000270. The van der Waals surface area contributed by atoms with E-state index in [0.29, 0.717) is 22.2 Å². The quantitative estimate of drug-likeness (QED) is 0.201. The first-order chi connectivity index (χ1) is 22.3. The first-order valence-electron chi connectivity index (χ1n) is 16.0. The Kier molecular flexibility index (Phi) is 12.0. The van der Waals surface area contributed by atoms with E-state index in [4.69, 9.17) is 23.2 Å². The highest BCUT2D eigenvalue weighted by atomic mass is 35.5. The molecule has 4 aromatic carbocycles. The van der Waals surface area contributed by atoms with Gasteiger partial charge in [0.1, 0.15) is 5.41 Å². The van der Waals surface area contributed by atoms with Crippen LogP contribution in [0.1, 0.15) is 67.5 Å². The van der Waals surface area contributed by atoms with Crippen molar-refractivity contribution in [2.75, 3.05) is 19.4 Å². The molecule has 4 aromatic rings. The van der Waals surface area contributed by atoms with Crippen molar-refractivity contribution >= 4 is 67.7 Å². The molecule has 260 valence electrons. The number of hydrogen-bond acceptors (Lipinski definition) is 4. The third-order valence-corrected chi connectivity index (χ3v) is 10.1. The summed E-state index contributed by atoms with van der Waals surface area (Å²) >= 11 is 13.2. The van der Waals surface area contributed by atoms with Crippen LogP contribution in [0.15, 0.2) is 103 Å². The zero-order chi connectivity index (χ0) is 33.7. The van der Waals surface area contributed by atoms with Gasteiger partial charge in [-0.25, -0.2) is 0 Å². The SMILES string of the molecule is CN(C)C(=O)[C@H]1[C@H](c2cccc(Cl)c2)[C@@]2(C(=O)Nc3cc(Cl)ccc32)[C@@H](CC(C)(C)C)N1[C@H](c1ccccc1)[C@@H](O)c1ccccc1.S.S. The van der Waals surface area contributed by atoms with Gasteiger partial charge in [0.15, 0.2) is 0 Å². The lowest BCUT2D eigenvalue weighted by Gasteiger charge is -2.44. The van der Waals surface area contributed by atoms with Crippen molar-refractivity contribution in [3.8, 4) is 0 Å². The fourth-order valence-electron chi connectivity index (χ4n) is 7.92. The number of hydrogen-bond donors (Lipinski definition) is 2. The molecule has 0 bridgehead atoms. The third kappa shape index (κ3) is 7.01. The van der Waals surface area contributed by atoms with Crippen molar-refractivity contribution in [2.24, 2.45) is 5.41 Å². The summed E-state index contributed by atoms with van der Waals surface area (Å²) in [5.41, 5.74) is 2.23. The number of benzene rings is 4. The van der Waals surface area contributed by atoms with Crippen LogP contribution in [0, 0.1) is 5.41 Å². The van der Waals surface area contributed by atoms with Gasteiger partial charge in [0.25, 0.3) is 0 Å². The summed E-state index contributed by atoms with van der Waals surface area (Å²) in [6.07, 6.45) is -0.482. The van der Waals surface area contributed by atoms with Gasteiger partial charge in [-0.15, -0.1) is 0 Å². The predicted molar refractivity (Wildman–Crippen MR) is 209 cm³/mol. The lowest BCUT2D eigenvalue weighted by molar-refractivity contribution is -0.137. The monoisotopic (exact) mass is 737 g/mol. The molecule has 6 atom stereocenters. The van der Waals surface area contributed by atoms with E-state index in [9.17, 15) is 9.90 Å². The second-order valence-corrected chi connectivity index (χ2v) is 15.0. The summed E-state index contributed by atoms with van der Waals surface area (Å²) < 4.78 is 0. The number of halogens is 2. The van der Waals surface area contributed by atoms with Crippen LogP contribution < -0.4 is 5.32 Å². The predicted octanol–water partition coefficient (Wildman–Crippen LogP) is 8.24. The zero-order valence-electron chi connectivity index (χ0n) is 28.3. The van der Waals surface area contributed by atoms with Gasteiger partial charge in [-0.3, -0.25) is 14.5 Å². The van der Waals surface area contributed by atoms with Crippen molar-refractivity contribution in [3.05, 3.63) is 135 Å². The molecule has 0 aliphatic carbocycles. The number of amides is 2. The number of likely N-dealkylation sites (N-methyl/N-ethyl adjacent to an activating group) is 1. The molecule has 2 heterocycles. The Morgan fingerprint density at radius 3 is 2.04 bits per heavy atom. The maximum absolute atomic E-state index is 15.0. The van der Waals surface area contributed by atoms with Crippen LogP contribution in [0.5, 0.6) is 0 Å². The topological polar surface area (TPSA) is 72.9 Å². The van der Waals surface area contributed by atoms with Crippen molar-refractivity contribution in [3.63, 3.8) is 0 Å². The van der Waals surface area contributed by atoms with E-state index in [1.807, 2.05) is 91.0 Å². The highest BCUT2D eigenvalue weighted by Gasteiger charge is 2.70. The van der Waals surface area contributed by atoms with Crippen LogP contribution in [0.25, 0.3) is 0 Å². The number of aliphatic hydroxyl groups excluding tert-OH is 1. The van der Waals surface area contributed by atoms with E-state index in [2.05, 4.69) is 31.0 Å². The molecular formula is C39H45Cl2N3O3S2. The average Bonchev–Trinajstić information content (AvgIpc) is 3.47. The molecular weight excluding hydrogens is 693 g/mol. The summed E-state index contributed by atoms with van der Waals surface area (Å²) in [5.74, 6) is -1.03. The number of nitrogens with zero attached hydrogens (tertiary/aromatic N) is 2. The molecule has 0 aromatic heterocycles. The van der Waals surface area contributed by atoms with E-state index >= 15 is 4.79 Å². The van der Waals surface area contributed by atoms with E-state index in [1.165, 1.54) is 0 Å². The third-order valence-electron chi connectivity index (χ3n) is 9.67. The number of likely N-dealkylation sites (tertiary alicyclic amines) is 1. The maximum Gasteiger partial charge on any atom is 0.240 e.